The van der Waals surface area contributed by atoms with E-state index in [2.05, 4.69) is 15.7 Å². The second-order valence-electron chi connectivity index (χ2n) is 4.12. The molecule has 0 fully saturated rings. The number of nitrogens with zero attached hydrogens (tertiary/aromatic N) is 2. The Bertz CT molecular complexity index is 601. The van der Waals surface area contributed by atoms with Gasteiger partial charge in [-0.3, -0.25) is 14.3 Å². The highest BCUT2D eigenvalue weighted by Gasteiger charge is 2.07. The Kier molecular flexibility index (Phi) is 3.61. The van der Waals surface area contributed by atoms with E-state index in [9.17, 15) is 9.59 Å². The predicted molar refractivity (Wildman–Crippen MR) is 71.9 cm³/mol. The molecule has 6 nitrogen and oxygen atoms in total. The number of anilines is 2. The van der Waals surface area contributed by atoms with Crippen LogP contribution in [-0.4, -0.2) is 21.6 Å². The summed E-state index contributed by atoms with van der Waals surface area (Å²) < 4.78 is 1.56. The molecule has 0 aliphatic carbocycles. The van der Waals surface area contributed by atoms with Gasteiger partial charge in [0.2, 0.25) is 5.91 Å². The van der Waals surface area contributed by atoms with E-state index in [1.54, 1.807) is 42.2 Å². The van der Waals surface area contributed by atoms with Crippen LogP contribution in [0.15, 0.2) is 36.7 Å². The highest BCUT2D eigenvalue weighted by atomic mass is 16.2. The fourth-order valence-electron chi connectivity index (χ4n) is 1.58. The van der Waals surface area contributed by atoms with Crippen LogP contribution in [0.1, 0.15) is 17.3 Å². The van der Waals surface area contributed by atoms with Crippen LogP contribution < -0.4 is 10.6 Å². The number of amides is 2. The number of nitrogens with one attached hydrogen (secondary N) is 2. The van der Waals surface area contributed by atoms with E-state index in [1.165, 1.54) is 13.1 Å². The zero-order chi connectivity index (χ0) is 13.8. The first kappa shape index (κ1) is 12.8. The van der Waals surface area contributed by atoms with Gasteiger partial charge in [-0.2, -0.15) is 5.10 Å². The molecule has 2 rings (SSSR count). The lowest BCUT2D eigenvalue weighted by molar-refractivity contribution is -0.114. The van der Waals surface area contributed by atoms with Gasteiger partial charge in [0.15, 0.2) is 0 Å². The van der Waals surface area contributed by atoms with Gasteiger partial charge < -0.3 is 10.6 Å². The Hall–Kier alpha value is -2.63. The highest BCUT2D eigenvalue weighted by molar-refractivity contribution is 6.04. The summed E-state index contributed by atoms with van der Waals surface area (Å²) in [5.41, 5.74) is 1.84. The summed E-state index contributed by atoms with van der Waals surface area (Å²) in [6.45, 7) is 1.44. The van der Waals surface area contributed by atoms with Crippen molar-refractivity contribution >= 4 is 23.2 Å². The van der Waals surface area contributed by atoms with Gasteiger partial charge in [0.05, 0.1) is 11.8 Å². The van der Waals surface area contributed by atoms with Crippen molar-refractivity contribution in [3.8, 4) is 0 Å². The van der Waals surface area contributed by atoms with Crippen LogP contribution in [0.25, 0.3) is 0 Å². The number of rotatable bonds is 3. The summed E-state index contributed by atoms with van der Waals surface area (Å²) in [4.78, 5) is 22.7. The third-order valence-electron chi connectivity index (χ3n) is 2.43. The number of carbonyl (C=O) groups is 2. The Labute approximate surface area is 110 Å². The van der Waals surface area contributed by atoms with E-state index < -0.39 is 0 Å². The normalized spacial score (nSPS) is 10.0. The first-order valence-corrected chi connectivity index (χ1v) is 5.72. The molecule has 0 bridgehead atoms. The van der Waals surface area contributed by atoms with Gasteiger partial charge in [-0.05, 0) is 24.3 Å². The van der Waals surface area contributed by atoms with E-state index in [-0.39, 0.29) is 11.8 Å². The third-order valence-corrected chi connectivity index (χ3v) is 2.43. The number of benzene rings is 1. The maximum Gasteiger partial charge on any atom is 0.258 e. The average Bonchev–Trinajstić information content (AvgIpc) is 2.78. The second kappa shape index (κ2) is 5.34. The molecule has 98 valence electrons. The lowest BCUT2D eigenvalue weighted by Gasteiger charge is -2.05. The van der Waals surface area contributed by atoms with Gasteiger partial charge in [0, 0.05) is 31.5 Å². The van der Waals surface area contributed by atoms with Crippen LogP contribution >= 0.6 is 0 Å². The van der Waals surface area contributed by atoms with Gasteiger partial charge in [0.1, 0.15) is 0 Å². The molecular formula is C13H14N4O2. The van der Waals surface area contributed by atoms with E-state index in [0.717, 1.165) is 0 Å². The SMILES string of the molecule is CC(=O)Nc1ccc(NC(=O)c2cnn(C)c2)cc1. The number of aromatic nitrogens is 2. The predicted octanol–water partition coefficient (Wildman–Crippen LogP) is 1.63. The van der Waals surface area contributed by atoms with Gasteiger partial charge in [-0.25, -0.2) is 0 Å². The topological polar surface area (TPSA) is 76.0 Å². The average molecular weight is 258 g/mol. The molecule has 2 N–H and O–H groups in total. The number of hydrogen-bond donors (Lipinski definition) is 2. The van der Waals surface area contributed by atoms with Crippen molar-refractivity contribution in [3.63, 3.8) is 0 Å². The van der Waals surface area contributed by atoms with Gasteiger partial charge in [-0.15, -0.1) is 0 Å². The van der Waals surface area contributed by atoms with Gasteiger partial charge in [0.25, 0.3) is 5.91 Å². The summed E-state index contributed by atoms with van der Waals surface area (Å²) in [6.07, 6.45) is 3.14. The minimum atomic E-state index is -0.222. The molecule has 6 heteroatoms. The molecular weight excluding hydrogens is 244 g/mol. The van der Waals surface area contributed by atoms with Crippen molar-refractivity contribution in [2.24, 2.45) is 7.05 Å². The first-order valence-electron chi connectivity index (χ1n) is 5.72. The van der Waals surface area contributed by atoms with E-state index >= 15 is 0 Å². The molecule has 0 saturated heterocycles. The van der Waals surface area contributed by atoms with Crippen LogP contribution in [0.2, 0.25) is 0 Å². The molecule has 2 aromatic rings. The quantitative estimate of drug-likeness (QED) is 0.878. The zero-order valence-corrected chi connectivity index (χ0v) is 10.7. The summed E-state index contributed by atoms with van der Waals surface area (Å²) >= 11 is 0. The Morgan fingerprint density at radius 3 is 2.16 bits per heavy atom. The standard InChI is InChI=1S/C13H14N4O2/c1-9(18)15-11-3-5-12(6-4-11)16-13(19)10-7-14-17(2)8-10/h3-8H,1-2H3,(H,15,18)(H,16,19). The molecule has 1 heterocycles. The Balaban J connectivity index is 2.03. The lowest BCUT2D eigenvalue weighted by Crippen LogP contribution is -2.11. The summed E-state index contributed by atoms with van der Waals surface area (Å²) in [7, 11) is 1.75. The van der Waals surface area contributed by atoms with E-state index in [1.807, 2.05) is 0 Å². The van der Waals surface area contributed by atoms with Crippen molar-refractivity contribution in [1.82, 2.24) is 9.78 Å². The van der Waals surface area contributed by atoms with Crippen LogP contribution in [0, 0.1) is 0 Å². The number of aryl methyl sites for hydroxylation is 1. The smallest absolute Gasteiger partial charge is 0.258 e. The molecule has 0 atom stereocenters. The Morgan fingerprint density at radius 1 is 1.11 bits per heavy atom. The lowest BCUT2D eigenvalue weighted by atomic mass is 10.2. The minimum Gasteiger partial charge on any atom is -0.326 e. The molecule has 2 amide bonds. The van der Waals surface area contributed by atoms with Crippen LogP contribution in [-0.2, 0) is 11.8 Å². The zero-order valence-electron chi connectivity index (χ0n) is 10.7. The van der Waals surface area contributed by atoms with E-state index in [0.29, 0.717) is 16.9 Å². The number of hydrogen-bond acceptors (Lipinski definition) is 3. The highest BCUT2D eigenvalue weighted by Crippen LogP contribution is 2.14. The maximum atomic E-state index is 11.9. The van der Waals surface area contributed by atoms with Crippen LogP contribution in [0.5, 0.6) is 0 Å². The Morgan fingerprint density at radius 2 is 1.68 bits per heavy atom. The summed E-state index contributed by atoms with van der Waals surface area (Å²) in [6, 6.07) is 6.89. The fourth-order valence-corrected chi connectivity index (χ4v) is 1.58. The summed E-state index contributed by atoms with van der Waals surface area (Å²) in [5.74, 6) is -0.354. The first-order chi connectivity index (χ1) is 9.04. The molecule has 0 unspecified atom stereocenters. The van der Waals surface area contributed by atoms with Crippen molar-refractivity contribution in [2.45, 2.75) is 6.92 Å². The van der Waals surface area contributed by atoms with Crippen LogP contribution in [0.3, 0.4) is 0 Å². The largest absolute Gasteiger partial charge is 0.326 e. The molecule has 0 aliphatic heterocycles. The third kappa shape index (κ3) is 3.41. The van der Waals surface area contributed by atoms with Crippen molar-refractivity contribution in [1.29, 1.82) is 0 Å². The summed E-state index contributed by atoms with van der Waals surface area (Å²) in [5, 5.41) is 9.34. The molecule has 0 aliphatic rings. The van der Waals surface area contributed by atoms with Crippen molar-refractivity contribution in [3.05, 3.63) is 42.2 Å². The van der Waals surface area contributed by atoms with Crippen molar-refractivity contribution < 1.29 is 9.59 Å². The van der Waals surface area contributed by atoms with Gasteiger partial charge >= 0.3 is 0 Å². The molecule has 0 saturated carbocycles. The monoisotopic (exact) mass is 258 g/mol. The minimum absolute atomic E-state index is 0.132. The molecule has 0 spiro atoms. The molecule has 1 aromatic carbocycles. The fraction of sp³-hybridized carbons (Fsp3) is 0.154. The van der Waals surface area contributed by atoms with Crippen LogP contribution in [0.4, 0.5) is 11.4 Å². The molecule has 0 radical (unpaired) electrons. The van der Waals surface area contributed by atoms with E-state index in [4.69, 9.17) is 0 Å². The maximum absolute atomic E-state index is 11.9. The number of carbonyl (C=O) groups excluding carboxylic acids is 2. The molecule has 1 aromatic heterocycles. The second-order valence-corrected chi connectivity index (χ2v) is 4.12. The molecule has 19 heavy (non-hydrogen) atoms. The van der Waals surface area contributed by atoms with Gasteiger partial charge in [-0.1, -0.05) is 0 Å². The van der Waals surface area contributed by atoms with Crippen molar-refractivity contribution in [2.75, 3.05) is 10.6 Å².